The second-order valence-corrected chi connectivity index (χ2v) is 10.8. The molecule has 0 radical (unpaired) electrons. The Morgan fingerprint density at radius 1 is 1.12 bits per heavy atom. The van der Waals surface area contributed by atoms with Gasteiger partial charge >= 0.3 is 0 Å². The molecular weight excluding hydrogens is 410 g/mol. The van der Waals surface area contributed by atoms with Crippen LogP contribution in [0.15, 0.2) is 35.9 Å². The first-order chi connectivity index (χ1) is 15.8. The lowest BCUT2D eigenvalue weighted by atomic mass is 9.49. The van der Waals surface area contributed by atoms with Crippen LogP contribution < -0.4 is 0 Å². The minimum absolute atomic E-state index is 0.137. The summed E-state index contributed by atoms with van der Waals surface area (Å²) < 4.78 is 0. The van der Waals surface area contributed by atoms with Crippen LogP contribution in [0.2, 0.25) is 0 Å². The first-order valence-electron chi connectivity index (χ1n) is 12.8. The van der Waals surface area contributed by atoms with Gasteiger partial charge < -0.3 is 9.80 Å². The quantitative estimate of drug-likeness (QED) is 0.551. The second-order valence-electron chi connectivity index (χ2n) is 10.8. The largest absolute Gasteiger partial charge is 0.337 e. The molecule has 33 heavy (non-hydrogen) atoms. The molecule has 2 bridgehead atoms. The van der Waals surface area contributed by atoms with E-state index >= 15 is 0 Å². The Morgan fingerprint density at radius 2 is 1.85 bits per heavy atom. The molecule has 5 nitrogen and oxygen atoms in total. The summed E-state index contributed by atoms with van der Waals surface area (Å²) in [7, 11) is 0. The number of carbonyl (C=O) groups excluding carboxylic acids is 2. The van der Waals surface area contributed by atoms with Crippen molar-refractivity contribution < 1.29 is 9.59 Å². The van der Waals surface area contributed by atoms with Gasteiger partial charge in [0, 0.05) is 57.8 Å². The maximum absolute atomic E-state index is 12.9. The molecule has 2 amide bonds. The van der Waals surface area contributed by atoms with Crippen LogP contribution in [0.1, 0.15) is 62.4 Å². The predicted molar refractivity (Wildman–Crippen MR) is 133 cm³/mol. The zero-order chi connectivity index (χ0) is 23.6. The molecule has 0 N–H and O–H groups in total. The number of hydrogen-bond donors (Lipinski definition) is 0. The van der Waals surface area contributed by atoms with E-state index < -0.39 is 0 Å². The first kappa shape index (κ1) is 24.0. The van der Waals surface area contributed by atoms with E-state index in [1.807, 2.05) is 36.1 Å². The molecule has 0 aromatic heterocycles. The monoisotopic (exact) mass is 451 g/mol. The molecule has 180 valence electrons. The molecule has 2 unspecified atom stereocenters. The van der Waals surface area contributed by atoms with Crippen LogP contribution in [-0.2, 0) is 4.79 Å². The van der Waals surface area contributed by atoms with Crippen molar-refractivity contribution in [2.75, 3.05) is 45.8 Å². The van der Waals surface area contributed by atoms with Gasteiger partial charge in [-0.3, -0.25) is 14.5 Å². The highest BCUT2D eigenvalue weighted by Crippen LogP contribution is 2.59. The number of piperazine rings is 1. The second kappa shape index (κ2) is 10.0. The van der Waals surface area contributed by atoms with Crippen LogP contribution in [0.4, 0.5) is 0 Å². The lowest BCUT2D eigenvalue weighted by molar-refractivity contribution is -0.131. The fourth-order valence-electron chi connectivity index (χ4n) is 5.96. The summed E-state index contributed by atoms with van der Waals surface area (Å²) >= 11 is 0. The Kier molecular flexibility index (Phi) is 7.28. The highest BCUT2D eigenvalue weighted by molar-refractivity contribution is 5.95. The smallest absolute Gasteiger partial charge is 0.254 e. The van der Waals surface area contributed by atoms with E-state index in [0.717, 1.165) is 69.3 Å². The third kappa shape index (κ3) is 5.03. The van der Waals surface area contributed by atoms with Crippen LogP contribution in [0.3, 0.4) is 0 Å². The highest BCUT2D eigenvalue weighted by Gasteiger charge is 2.51. The Labute approximate surface area is 199 Å². The third-order valence-electron chi connectivity index (χ3n) is 8.49. The van der Waals surface area contributed by atoms with Crippen molar-refractivity contribution in [3.05, 3.63) is 47.0 Å². The Bertz CT molecular complexity index is 898. The molecule has 0 spiro atoms. The fourth-order valence-corrected chi connectivity index (χ4v) is 5.96. The van der Waals surface area contributed by atoms with Gasteiger partial charge in [-0.2, -0.15) is 0 Å². The molecule has 1 aliphatic heterocycles. The molecule has 1 aromatic rings. The Balaban J connectivity index is 1.30. The number of benzene rings is 1. The van der Waals surface area contributed by atoms with Crippen LogP contribution in [-0.4, -0.2) is 72.3 Å². The zero-order valence-corrected chi connectivity index (χ0v) is 21.0. The van der Waals surface area contributed by atoms with E-state index in [9.17, 15) is 9.59 Å². The topological polar surface area (TPSA) is 43.9 Å². The van der Waals surface area contributed by atoms with Gasteiger partial charge in [0.15, 0.2) is 0 Å². The van der Waals surface area contributed by atoms with E-state index in [0.29, 0.717) is 17.8 Å². The van der Waals surface area contributed by atoms with E-state index in [1.165, 1.54) is 18.4 Å². The van der Waals surface area contributed by atoms with Crippen LogP contribution >= 0.6 is 0 Å². The number of allylic oxidation sites excluding steroid dienone is 1. The number of nitrogens with zero attached hydrogens (tertiary/aromatic N) is 3. The van der Waals surface area contributed by atoms with Gasteiger partial charge in [-0.25, -0.2) is 0 Å². The summed E-state index contributed by atoms with van der Waals surface area (Å²) in [4.78, 5) is 32.3. The van der Waals surface area contributed by atoms with Gasteiger partial charge in [0.1, 0.15) is 0 Å². The Hall–Kier alpha value is -2.14. The van der Waals surface area contributed by atoms with Gasteiger partial charge in [-0.15, -0.1) is 0 Å². The number of carbonyl (C=O) groups is 2. The predicted octanol–water partition coefficient (Wildman–Crippen LogP) is 4.37. The summed E-state index contributed by atoms with van der Waals surface area (Å²) in [6.45, 7) is 14.6. The fraction of sp³-hybridized carbons (Fsp3) is 0.643. The molecule has 5 heteroatoms. The average Bonchev–Trinajstić information content (AvgIpc) is 2.82. The van der Waals surface area contributed by atoms with Gasteiger partial charge in [-0.1, -0.05) is 50.6 Å². The maximum Gasteiger partial charge on any atom is 0.254 e. The van der Waals surface area contributed by atoms with E-state index in [4.69, 9.17) is 0 Å². The summed E-state index contributed by atoms with van der Waals surface area (Å²) in [5, 5.41) is 0. The molecular formula is C28H41N3O2. The molecule has 5 rings (SSSR count). The average molecular weight is 452 g/mol. The van der Waals surface area contributed by atoms with Crippen molar-refractivity contribution in [3.8, 4) is 0 Å². The minimum atomic E-state index is 0.137. The summed E-state index contributed by atoms with van der Waals surface area (Å²) in [6, 6.07) is 7.83. The first-order valence-corrected chi connectivity index (χ1v) is 12.8. The molecule has 4 aliphatic rings. The molecule has 2 fully saturated rings. The van der Waals surface area contributed by atoms with E-state index in [-0.39, 0.29) is 11.8 Å². The van der Waals surface area contributed by atoms with E-state index in [1.54, 1.807) is 0 Å². The van der Waals surface area contributed by atoms with Crippen molar-refractivity contribution in [2.24, 2.45) is 17.3 Å². The molecule has 1 aromatic carbocycles. The van der Waals surface area contributed by atoms with Gasteiger partial charge in [0.25, 0.3) is 5.91 Å². The van der Waals surface area contributed by atoms with Crippen molar-refractivity contribution in [2.45, 2.75) is 53.4 Å². The molecule has 1 saturated carbocycles. The number of fused-ring (bicyclic) bond motifs is 1. The van der Waals surface area contributed by atoms with Crippen molar-refractivity contribution in [1.29, 1.82) is 0 Å². The normalized spacial score (nSPS) is 24.1. The SMILES string of the molecule is CCCC(=O)N(CCN1CCN(C(=O)c2ccccc2C)CC1)CC1=CCC2CC1C2(C)C. The van der Waals surface area contributed by atoms with Gasteiger partial charge in [-0.05, 0) is 55.1 Å². The van der Waals surface area contributed by atoms with Crippen LogP contribution in [0.25, 0.3) is 0 Å². The summed E-state index contributed by atoms with van der Waals surface area (Å²) in [5.74, 6) is 1.89. The van der Waals surface area contributed by atoms with Crippen LogP contribution in [0, 0.1) is 24.2 Å². The lowest BCUT2D eigenvalue weighted by Crippen LogP contribution is -2.52. The zero-order valence-electron chi connectivity index (χ0n) is 21.0. The van der Waals surface area contributed by atoms with Crippen molar-refractivity contribution in [1.82, 2.24) is 14.7 Å². The summed E-state index contributed by atoms with van der Waals surface area (Å²) in [5.41, 5.74) is 3.72. The van der Waals surface area contributed by atoms with Crippen molar-refractivity contribution in [3.63, 3.8) is 0 Å². The lowest BCUT2D eigenvalue weighted by Gasteiger charge is -2.57. The maximum atomic E-state index is 12.9. The van der Waals surface area contributed by atoms with Crippen LogP contribution in [0.5, 0.6) is 0 Å². The summed E-state index contributed by atoms with van der Waals surface area (Å²) in [6.07, 6.45) is 6.41. The number of hydrogen-bond acceptors (Lipinski definition) is 3. The number of rotatable bonds is 8. The van der Waals surface area contributed by atoms with Gasteiger partial charge in [0.05, 0.1) is 0 Å². The third-order valence-corrected chi connectivity index (χ3v) is 8.49. The van der Waals surface area contributed by atoms with E-state index in [2.05, 4.69) is 36.6 Å². The molecule has 3 aliphatic carbocycles. The standard InChI is InChI=1S/C28H41N3O2/c1-5-8-26(32)31(20-22-11-12-23-19-25(22)28(23,3)4)18-15-29-13-16-30(17-14-29)27(33)24-10-7-6-9-21(24)2/h6-7,9-11,23,25H,5,8,12-20H2,1-4H3. The number of aryl methyl sites for hydroxylation is 1. The Morgan fingerprint density at radius 3 is 2.48 bits per heavy atom. The van der Waals surface area contributed by atoms with Crippen molar-refractivity contribution >= 4 is 11.8 Å². The molecule has 1 heterocycles. The molecule has 1 saturated heterocycles. The number of amides is 2. The minimum Gasteiger partial charge on any atom is -0.337 e. The molecule has 2 atom stereocenters. The van der Waals surface area contributed by atoms with Gasteiger partial charge in [0.2, 0.25) is 5.91 Å². The highest BCUT2D eigenvalue weighted by atomic mass is 16.2.